The van der Waals surface area contributed by atoms with Gasteiger partial charge in [-0.2, -0.15) is 5.10 Å². The normalized spacial score (nSPS) is 22.5. The van der Waals surface area contributed by atoms with Crippen molar-refractivity contribution < 1.29 is 0 Å². The average molecular weight is 193 g/mol. The van der Waals surface area contributed by atoms with E-state index in [1.54, 1.807) is 0 Å². The van der Waals surface area contributed by atoms with Crippen molar-refractivity contribution in [3.8, 4) is 0 Å². The smallest absolute Gasteiger partial charge is 0.0492 e. The number of aryl methyl sites for hydroxylation is 1. The lowest BCUT2D eigenvalue weighted by atomic mass is 9.95. The van der Waals surface area contributed by atoms with E-state index in [4.69, 9.17) is 0 Å². The van der Waals surface area contributed by atoms with Gasteiger partial charge in [0.1, 0.15) is 0 Å². The van der Waals surface area contributed by atoms with Crippen LogP contribution in [0.1, 0.15) is 25.5 Å². The molecule has 0 spiro atoms. The van der Waals surface area contributed by atoms with Crippen LogP contribution in [0.3, 0.4) is 0 Å². The van der Waals surface area contributed by atoms with Gasteiger partial charge in [-0.05, 0) is 51.3 Å². The van der Waals surface area contributed by atoms with Crippen LogP contribution in [-0.4, -0.2) is 22.9 Å². The van der Waals surface area contributed by atoms with Crippen molar-refractivity contribution in [2.75, 3.05) is 13.1 Å². The third kappa shape index (κ3) is 2.15. The summed E-state index contributed by atoms with van der Waals surface area (Å²) in [5.74, 6) is 0.811. The number of hydrogen-bond donors (Lipinski definition) is 1. The van der Waals surface area contributed by atoms with Gasteiger partial charge in [0.25, 0.3) is 0 Å². The first-order valence-electron chi connectivity index (χ1n) is 5.61. The molecule has 2 heterocycles. The van der Waals surface area contributed by atoms with Crippen molar-refractivity contribution in [1.82, 2.24) is 15.1 Å². The fraction of sp³-hybridized carbons (Fsp3) is 0.727. The summed E-state index contributed by atoms with van der Waals surface area (Å²) in [6, 6.07) is 2.15. The van der Waals surface area contributed by atoms with E-state index >= 15 is 0 Å². The third-order valence-corrected chi connectivity index (χ3v) is 3.00. The predicted octanol–water partition coefficient (Wildman–Crippen LogP) is 1.45. The second-order valence-corrected chi connectivity index (χ2v) is 4.05. The molecule has 0 amide bonds. The van der Waals surface area contributed by atoms with E-state index in [-0.39, 0.29) is 0 Å². The van der Waals surface area contributed by atoms with Crippen LogP contribution in [0.2, 0.25) is 0 Å². The first-order valence-corrected chi connectivity index (χ1v) is 5.61. The molecule has 0 saturated carbocycles. The Labute approximate surface area is 85.5 Å². The molecule has 2 rings (SSSR count). The number of aromatic nitrogens is 2. The van der Waals surface area contributed by atoms with E-state index < -0.39 is 0 Å². The van der Waals surface area contributed by atoms with Gasteiger partial charge < -0.3 is 5.32 Å². The van der Waals surface area contributed by atoms with Gasteiger partial charge in [0.05, 0.1) is 0 Å². The first-order chi connectivity index (χ1) is 6.90. The van der Waals surface area contributed by atoms with Crippen LogP contribution in [0.25, 0.3) is 0 Å². The van der Waals surface area contributed by atoms with Crippen molar-refractivity contribution in [2.24, 2.45) is 5.92 Å². The van der Waals surface area contributed by atoms with Crippen LogP contribution in [0, 0.1) is 5.92 Å². The first kappa shape index (κ1) is 9.71. The van der Waals surface area contributed by atoms with Crippen molar-refractivity contribution >= 4 is 0 Å². The molecule has 78 valence electrons. The van der Waals surface area contributed by atoms with Crippen LogP contribution < -0.4 is 5.32 Å². The number of hydrogen-bond acceptors (Lipinski definition) is 2. The molecule has 1 atom stereocenters. The summed E-state index contributed by atoms with van der Waals surface area (Å²) >= 11 is 0. The van der Waals surface area contributed by atoms with Crippen LogP contribution in [0.15, 0.2) is 12.3 Å². The van der Waals surface area contributed by atoms with Gasteiger partial charge in [0.2, 0.25) is 0 Å². The van der Waals surface area contributed by atoms with Gasteiger partial charge in [-0.3, -0.25) is 4.68 Å². The predicted molar refractivity (Wildman–Crippen MR) is 57.2 cm³/mol. The van der Waals surface area contributed by atoms with Gasteiger partial charge in [-0.25, -0.2) is 0 Å². The summed E-state index contributed by atoms with van der Waals surface area (Å²) in [4.78, 5) is 0. The zero-order valence-electron chi connectivity index (χ0n) is 8.87. The van der Waals surface area contributed by atoms with E-state index in [0.717, 1.165) is 12.5 Å². The lowest BCUT2D eigenvalue weighted by molar-refractivity contribution is 0.367. The highest BCUT2D eigenvalue weighted by atomic mass is 15.3. The van der Waals surface area contributed by atoms with Gasteiger partial charge in [0.15, 0.2) is 0 Å². The topological polar surface area (TPSA) is 29.9 Å². The maximum Gasteiger partial charge on any atom is 0.0492 e. The molecule has 1 aliphatic rings. The quantitative estimate of drug-likeness (QED) is 0.787. The highest BCUT2D eigenvalue weighted by Crippen LogP contribution is 2.15. The van der Waals surface area contributed by atoms with E-state index in [2.05, 4.69) is 28.1 Å². The van der Waals surface area contributed by atoms with Gasteiger partial charge in [-0.1, -0.05) is 0 Å². The minimum atomic E-state index is 0.811. The lowest BCUT2D eigenvalue weighted by Gasteiger charge is -2.22. The SMILES string of the molecule is CCn1nccc1CC1CCCNC1. The van der Waals surface area contributed by atoms with Gasteiger partial charge >= 0.3 is 0 Å². The maximum atomic E-state index is 4.30. The highest BCUT2D eigenvalue weighted by molar-refractivity contribution is 5.02. The number of nitrogens with one attached hydrogen (secondary N) is 1. The molecule has 1 saturated heterocycles. The van der Waals surface area contributed by atoms with Crippen molar-refractivity contribution in [2.45, 2.75) is 32.7 Å². The van der Waals surface area contributed by atoms with E-state index in [1.165, 1.54) is 38.0 Å². The standard InChI is InChI=1S/C11H19N3/c1-2-14-11(5-7-13-14)8-10-4-3-6-12-9-10/h5,7,10,12H,2-4,6,8-9H2,1H3. The fourth-order valence-corrected chi connectivity index (χ4v) is 2.21. The molecule has 0 bridgehead atoms. The molecular weight excluding hydrogens is 174 g/mol. The Kier molecular flexibility index (Phi) is 3.19. The molecule has 1 aromatic heterocycles. The van der Waals surface area contributed by atoms with Crippen molar-refractivity contribution in [1.29, 1.82) is 0 Å². The Bertz CT molecular complexity index is 274. The Balaban J connectivity index is 1.95. The fourth-order valence-electron chi connectivity index (χ4n) is 2.21. The molecule has 1 N–H and O–H groups in total. The Morgan fingerprint density at radius 2 is 2.57 bits per heavy atom. The van der Waals surface area contributed by atoms with E-state index in [0.29, 0.717) is 0 Å². The molecule has 0 aliphatic carbocycles. The maximum absolute atomic E-state index is 4.30. The molecule has 1 aromatic rings. The number of nitrogens with zero attached hydrogens (tertiary/aromatic N) is 2. The Morgan fingerprint density at radius 3 is 3.29 bits per heavy atom. The van der Waals surface area contributed by atoms with Gasteiger partial charge in [-0.15, -0.1) is 0 Å². The summed E-state index contributed by atoms with van der Waals surface area (Å²) in [6.45, 7) is 5.51. The molecule has 1 unspecified atom stereocenters. The lowest BCUT2D eigenvalue weighted by Crippen LogP contribution is -2.31. The van der Waals surface area contributed by atoms with Crippen LogP contribution in [0.4, 0.5) is 0 Å². The summed E-state index contributed by atoms with van der Waals surface area (Å²) in [7, 11) is 0. The van der Waals surface area contributed by atoms with Crippen molar-refractivity contribution in [3.63, 3.8) is 0 Å². The van der Waals surface area contributed by atoms with Crippen LogP contribution in [-0.2, 0) is 13.0 Å². The molecule has 1 fully saturated rings. The summed E-state index contributed by atoms with van der Waals surface area (Å²) in [5, 5.41) is 7.75. The monoisotopic (exact) mass is 193 g/mol. The van der Waals surface area contributed by atoms with E-state index in [1.807, 2.05) is 6.20 Å². The molecule has 0 aromatic carbocycles. The molecule has 1 aliphatic heterocycles. The van der Waals surface area contributed by atoms with Crippen molar-refractivity contribution in [3.05, 3.63) is 18.0 Å². The zero-order chi connectivity index (χ0) is 9.80. The summed E-state index contributed by atoms with van der Waals surface area (Å²) in [6.07, 6.45) is 5.78. The number of rotatable bonds is 3. The molecule has 3 nitrogen and oxygen atoms in total. The molecule has 3 heteroatoms. The second kappa shape index (κ2) is 4.60. The highest BCUT2D eigenvalue weighted by Gasteiger charge is 2.14. The van der Waals surface area contributed by atoms with E-state index in [9.17, 15) is 0 Å². The largest absolute Gasteiger partial charge is 0.316 e. The second-order valence-electron chi connectivity index (χ2n) is 4.05. The van der Waals surface area contributed by atoms with Crippen LogP contribution >= 0.6 is 0 Å². The van der Waals surface area contributed by atoms with Crippen LogP contribution in [0.5, 0.6) is 0 Å². The molecular formula is C11H19N3. The number of piperidine rings is 1. The summed E-state index contributed by atoms with van der Waals surface area (Å²) in [5.41, 5.74) is 1.39. The molecule has 14 heavy (non-hydrogen) atoms. The average Bonchev–Trinajstić information content (AvgIpc) is 2.67. The van der Waals surface area contributed by atoms with Gasteiger partial charge in [0, 0.05) is 18.4 Å². The minimum absolute atomic E-state index is 0.811. The Morgan fingerprint density at radius 1 is 1.64 bits per heavy atom. The third-order valence-electron chi connectivity index (χ3n) is 3.00. The Hall–Kier alpha value is -0.830. The zero-order valence-corrected chi connectivity index (χ0v) is 8.87. The molecule has 0 radical (unpaired) electrons. The summed E-state index contributed by atoms with van der Waals surface area (Å²) < 4.78 is 2.11. The minimum Gasteiger partial charge on any atom is -0.316 e.